The molecule has 0 spiro atoms. The first kappa shape index (κ1) is 16.5. The van der Waals surface area contributed by atoms with Crippen LogP contribution in [0.5, 0.6) is 0 Å². The second kappa shape index (κ2) is 5.82. The van der Waals surface area contributed by atoms with Crippen molar-refractivity contribution in [3.05, 3.63) is 0 Å². The molecule has 3 heteroatoms. The van der Waals surface area contributed by atoms with Gasteiger partial charge in [0.1, 0.15) is 0 Å². The fourth-order valence-corrected chi connectivity index (χ4v) is 3.68. The van der Waals surface area contributed by atoms with Gasteiger partial charge in [0.2, 0.25) is 5.91 Å². The zero-order valence-electron chi connectivity index (χ0n) is 13.5. The molecular formula is C16H32N2O. The number of carbonyl (C=O) groups is 1. The summed E-state index contributed by atoms with van der Waals surface area (Å²) in [5.41, 5.74) is 6.58. The van der Waals surface area contributed by atoms with Crippen LogP contribution in [-0.2, 0) is 4.79 Å². The summed E-state index contributed by atoms with van der Waals surface area (Å²) in [4.78, 5) is 12.1. The van der Waals surface area contributed by atoms with Crippen molar-refractivity contribution >= 4 is 5.91 Å². The van der Waals surface area contributed by atoms with E-state index in [1.54, 1.807) is 0 Å². The van der Waals surface area contributed by atoms with Gasteiger partial charge in [-0.05, 0) is 36.0 Å². The fraction of sp³-hybridized carbons (Fsp3) is 0.938. The number of nitrogens with one attached hydrogen (secondary N) is 1. The first-order valence-corrected chi connectivity index (χ1v) is 7.56. The standard InChI is InChI=1S/C16H32N2O/c1-11(2)13(17)7-14(19)18-12-8-15(3,4)10-16(5,6)9-12/h11-13H,7-10,17H2,1-6H3,(H,18,19). The zero-order chi connectivity index (χ0) is 14.8. The molecule has 0 aromatic carbocycles. The van der Waals surface area contributed by atoms with E-state index in [1.165, 1.54) is 6.42 Å². The van der Waals surface area contributed by atoms with Crippen molar-refractivity contribution in [1.82, 2.24) is 5.32 Å². The van der Waals surface area contributed by atoms with Crippen LogP contribution in [0.4, 0.5) is 0 Å². The lowest BCUT2D eigenvalue weighted by Gasteiger charge is -2.45. The van der Waals surface area contributed by atoms with Crippen LogP contribution < -0.4 is 11.1 Å². The molecule has 1 saturated carbocycles. The third-order valence-corrected chi connectivity index (χ3v) is 4.20. The Hall–Kier alpha value is -0.570. The van der Waals surface area contributed by atoms with Crippen molar-refractivity contribution in [2.45, 2.75) is 79.3 Å². The quantitative estimate of drug-likeness (QED) is 0.823. The van der Waals surface area contributed by atoms with Crippen molar-refractivity contribution in [2.75, 3.05) is 0 Å². The molecule has 0 aromatic heterocycles. The Morgan fingerprint density at radius 3 is 2.11 bits per heavy atom. The molecule has 19 heavy (non-hydrogen) atoms. The maximum absolute atomic E-state index is 12.1. The van der Waals surface area contributed by atoms with Crippen LogP contribution in [0.3, 0.4) is 0 Å². The van der Waals surface area contributed by atoms with Crippen molar-refractivity contribution in [3.63, 3.8) is 0 Å². The number of hydrogen-bond acceptors (Lipinski definition) is 2. The van der Waals surface area contributed by atoms with Gasteiger partial charge in [0.15, 0.2) is 0 Å². The fourth-order valence-electron chi connectivity index (χ4n) is 3.68. The van der Waals surface area contributed by atoms with Gasteiger partial charge < -0.3 is 11.1 Å². The van der Waals surface area contributed by atoms with E-state index in [0.29, 0.717) is 29.2 Å². The van der Waals surface area contributed by atoms with Gasteiger partial charge >= 0.3 is 0 Å². The summed E-state index contributed by atoms with van der Waals surface area (Å²) in [5, 5.41) is 3.20. The average molecular weight is 268 g/mol. The van der Waals surface area contributed by atoms with Gasteiger partial charge in [-0.2, -0.15) is 0 Å². The van der Waals surface area contributed by atoms with Gasteiger partial charge in [-0.25, -0.2) is 0 Å². The van der Waals surface area contributed by atoms with E-state index in [0.717, 1.165) is 12.8 Å². The van der Waals surface area contributed by atoms with Crippen LogP contribution in [0.2, 0.25) is 0 Å². The van der Waals surface area contributed by atoms with Gasteiger partial charge in [-0.15, -0.1) is 0 Å². The molecule has 1 amide bonds. The van der Waals surface area contributed by atoms with E-state index in [-0.39, 0.29) is 11.9 Å². The van der Waals surface area contributed by atoms with E-state index in [1.807, 2.05) is 0 Å². The minimum Gasteiger partial charge on any atom is -0.353 e. The highest BCUT2D eigenvalue weighted by Crippen LogP contribution is 2.45. The Morgan fingerprint density at radius 2 is 1.68 bits per heavy atom. The monoisotopic (exact) mass is 268 g/mol. The molecule has 112 valence electrons. The second-order valence-corrected chi connectivity index (χ2v) is 8.29. The van der Waals surface area contributed by atoms with Crippen LogP contribution in [0, 0.1) is 16.7 Å². The number of rotatable bonds is 4. The van der Waals surface area contributed by atoms with E-state index < -0.39 is 0 Å². The molecule has 1 aliphatic rings. The summed E-state index contributed by atoms with van der Waals surface area (Å²) in [6.45, 7) is 13.3. The number of amides is 1. The summed E-state index contributed by atoms with van der Waals surface area (Å²) < 4.78 is 0. The minimum atomic E-state index is -0.0374. The molecule has 1 atom stereocenters. The lowest BCUT2D eigenvalue weighted by Crippen LogP contribution is -2.47. The molecule has 0 aromatic rings. The molecule has 1 rings (SSSR count). The van der Waals surface area contributed by atoms with Gasteiger partial charge in [-0.1, -0.05) is 41.5 Å². The Bertz CT molecular complexity index is 305. The predicted octanol–water partition coefficient (Wildman–Crippen LogP) is 3.08. The third kappa shape index (κ3) is 5.52. The first-order chi connectivity index (χ1) is 8.51. The lowest BCUT2D eigenvalue weighted by molar-refractivity contribution is -0.123. The molecule has 3 nitrogen and oxygen atoms in total. The molecule has 3 N–H and O–H groups in total. The molecule has 1 aliphatic carbocycles. The smallest absolute Gasteiger partial charge is 0.221 e. The first-order valence-electron chi connectivity index (χ1n) is 7.56. The normalized spacial score (nSPS) is 24.2. The van der Waals surface area contributed by atoms with E-state index in [9.17, 15) is 4.79 Å². The summed E-state index contributed by atoms with van der Waals surface area (Å²) in [7, 11) is 0. The van der Waals surface area contributed by atoms with Crippen molar-refractivity contribution in [3.8, 4) is 0 Å². The van der Waals surface area contributed by atoms with Gasteiger partial charge in [-0.3, -0.25) is 4.79 Å². The molecule has 0 heterocycles. The Morgan fingerprint density at radius 1 is 1.21 bits per heavy atom. The summed E-state index contributed by atoms with van der Waals surface area (Å²) in [6, 6.07) is 0.259. The lowest BCUT2D eigenvalue weighted by atomic mass is 9.63. The largest absolute Gasteiger partial charge is 0.353 e. The van der Waals surface area contributed by atoms with Crippen molar-refractivity contribution in [2.24, 2.45) is 22.5 Å². The average Bonchev–Trinajstić information content (AvgIpc) is 2.10. The molecule has 1 fully saturated rings. The topological polar surface area (TPSA) is 55.1 Å². The van der Waals surface area contributed by atoms with E-state index in [4.69, 9.17) is 5.73 Å². The maximum atomic E-state index is 12.1. The van der Waals surface area contributed by atoms with Crippen LogP contribution in [0.25, 0.3) is 0 Å². The maximum Gasteiger partial charge on any atom is 0.221 e. The summed E-state index contributed by atoms with van der Waals surface area (Å²) >= 11 is 0. The van der Waals surface area contributed by atoms with Crippen LogP contribution >= 0.6 is 0 Å². The minimum absolute atomic E-state index is 0.0374. The van der Waals surface area contributed by atoms with Crippen LogP contribution in [0.15, 0.2) is 0 Å². The second-order valence-electron chi connectivity index (χ2n) is 8.29. The third-order valence-electron chi connectivity index (χ3n) is 4.20. The zero-order valence-corrected chi connectivity index (χ0v) is 13.5. The predicted molar refractivity (Wildman–Crippen MR) is 80.8 cm³/mol. The summed E-state index contributed by atoms with van der Waals surface area (Å²) in [6.07, 6.45) is 3.80. The highest BCUT2D eigenvalue weighted by Gasteiger charge is 2.38. The van der Waals surface area contributed by atoms with Crippen LogP contribution in [-0.4, -0.2) is 18.0 Å². The number of hydrogen-bond donors (Lipinski definition) is 2. The molecule has 0 radical (unpaired) electrons. The molecular weight excluding hydrogens is 236 g/mol. The van der Waals surface area contributed by atoms with Crippen molar-refractivity contribution in [1.29, 1.82) is 0 Å². The summed E-state index contributed by atoms with van der Waals surface area (Å²) in [5.74, 6) is 0.463. The van der Waals surface area contributed by atoms with Gasteiger partial charge in [0, 0.05) is 18.5 Å². The number of carbonyl (C=O) groups excluding carboxylic acids is 1. The SMILES string of the molecule is CC(C)C(N)CC(=O)NC1CC(C)(C)CC(C)(C)C1. The van der Waals surface area contributed by atoms with Gasteiger partial charge in [0.25, 0.3) is 0 Å². The highest BCUT2D eigenvalue weighted by atomic mass is 16.1. The van der Waals surface area contributed by atoms with Crippen LogP contribution in [0.1, 0.15) is 67.2 Å². The molecule has 0 saturated heterocycles. The Kier molecular flexibility index (Phi) is 5.05. The molecule has 1 unspecified atom stereocenters. The van der Waals surface area contributed by atoms with E-state index >= 15 is 0 Å². The molecule has 0 bridgehead atoms. The van der Waals surface area contributed by atoms with E-state index in [2.05, 4.69) is 46.9 Å². The molecule has 0 aliphatic heterocycles. The Balaban J connectivity index is 2.54. The highest BCUT2D eigenvalue weighted by molar-refractivity contribution is 5.76. The van der Waals surface area contributed by atoms with Gasteiger partial charge in [0.05, 0.1) is 0 Å². The Labute approximate surface area is 118 Å². The van der Waals surface area contributed by atoms with Crippen molar-refractivity contribution < 1.29 is 4.79 Å². The number of nitrogens with two attached hydrogens (primary N) is 1.